The monoisotopic (exact) mass is 383 g/mol. The molecule has 0 spiro atoms. The molecule has 0 unspecified atom stereocenters. The van der Waals surface area contributed by atoms with Gasteiger partial charge in [0.1, 0.15) is 0 Å². The van der Waals surface area contributed by atoms with E-state index in [4.69, 9.17) is 0 Å². The Morgan fingerprint density at radius 3 is 2.35 bits per heavy atom. The van der Waals surface area contributed by atoms with E-state index in [9.17, 15) is 18.3 Å². The highest BCUT2D eigenvalue weighted by Gasteiger charge is 2.41. The summed E-state index contributed by atoms with van der Waals surface area (Å²) >= 11 is 0. The van der Waals surface area contributed by atoms with Gasteiger partial charge in [0.15, 0.2) is 0 Å². The number of aliphatic carboxylic acids is 1. The Labute approximate surface area is 156 Å². The molecule has 2 rings (SSSR count). The summed E-state index contributed by atoms with van der Waals surface area (Å²) in [5.41, 5.74) is 0.227. The van der Waals surface area contributed by atoms with Crippen LogP contribution in [-0.2, 0) is 21.2 Å². The fourth-order valence-electron chi connectivity index (χ4n) is 3.52. The molecule has 0 aliphatic carbocycles. The summed E-state index contributed by atoms with van der Waals surface area (Å²) in [5.74, 6) is -0.974. The van der Waals surface area contributed by atoms with E-state index < -0.39 is 21.5 Å². The van der Waals surface area contributed by atoms with E-state index in [1.165, 1.54) is 4.90 Å². The zero-order chi connectivity index (χ0) is 19.2. The summed E-state index contributed by atoms with van der Waals surface area (Å²) in [7, 11) is -1.71. The van der Waals surface area contributed by atoms with Crippen LogP contribution in [0.1, 0.15) is 51.0 Å². The quantitative estimate of drug-likeness (QED) is 0.560. The van der Waals surface area contributed by atoms with E-state index in [-0.39, 0.29) is 11.3 Å². The molecule has 0 atom stereocenters. The van der Waals surface area contributed by atoms with Gasteiger partial charge in [0, 0.05) is 12.8 Å². The number of carboxylic acid groups (broad SMARTS) is 1. The molecule has 1 saturated heterocycles. The molecule has 1 aliphatic heterocycles. The van der Waals surface area contributed by atoms with Gasteiger partial charge in [-0.2, -0.15) is 0 Å². The predicted octanol–water partition coefficient (Wildman–Crippen LogP) is 1.22. The van der Waals surface area contributed by atoms with E-state index in [2.05, 4.69) is 11.6 Å². The lowest BCUT2D eigenvalue weighted by Gasteiger charge is -2.38. The van der Waals surface area contributed by atoms with Gasteiger partial charge in [0.2, 0.25) is 10.0 Å². The molecule has 0 radical (unpaired) electrons. The largest absolute Gasteiger partial charge is 0.481 e. The fraction of sp³-hybridized carbons (Fsp3) is 0.632. The van der Waals surface area contributed by atoms with E-state index in [1.54, 1.807) is 12.1 Å². The van der Waals surface area contributed by atoms with Crippen LogP contribution >= 0.6 is 0 Å². The average molecular weight is 384 g/mol. The van der Waals surface area contributed by atoms with Crippen LogP contribution in [0.5, 0.6) is 0 Å². The summed E-state index contributed by atoms with van der Waals surface area (Å²) in [5, 5.41) is 9.26. The number of rotatable bonds is 9. The van der Waals surface area contributed by atoms with Gasteiger partial charge < -0.3 is 10.0 Å². The number of likely N-dealkylation sites (tertiary alicyclic amines) is 1. The third-order valence-corrected chi connectivity index (χ3v) is 6.80. The molecule has 1 aliphatic rings. The lowest BCUT2D eigenvalue weighted by Crippen LogP contribution is -3.11. The molecule has 6 nitrogen and oxygen atoms in total. The minimum Gasteiger partial charge on any atom is -0.481 e. The van der Waals surface area contributed by atoms with E-state index >= 15 is 0 Å². The molecule has 1 heterocycles. The smallest absolute Gasteiger partial charge is 0.305 e. The number of sulfonamides is 1. The molecule has 1 aromatic rings. The van der Waals surface area contributed by atoms with Crippen LogP contribution in [-0.4, -0.2) is 45.2 Å². The maximum atomic E-state index is 12.8. The van der Waals surface area contributed by atoms with Gasteiger partial charge in [-0.25, -0.2) is 13.1 Å². The summed E-state index contributed by atoms with van der Waals surface area (Å²) < 4.78 is 28.4. The normalized spacial score (nSPS) is 23.7. The fourth-order valence-corrected chi connectivity index (χ4v) is 4.98. The van der Waals surface area contributed by atoms with E-state index in [0.29, 0.717) is 12.8 Å². The SMILES string of the molecule is CCCCCc1ccc(S(=O)(=O)NC2(CC(=O)O)CC[NH+](C)CC2)cc1. The van der Waals surface area contributed by atoms with Crippen molar-refractivity contribution in [1.29, 1.82) is 0 Å². The number of quaternary nitrogens is 1. The highest BCUT2D eigenvalue weighted by molar-refractivity contribution is 7.89. The molecule has 0 bridgehead atoms. The second kappa shape index (κ2) is 8.97. The third-order valence-electron chi connectivity index (χ3n) is 5.20. The third kappa shape index (κ3) is 5.79. The first-order valence-corrected chi connectivity index (χ1v) is 10.9. The first kappa shape index (κ1) is 20.9. The lowest BCUT2D eigenvalue weighted by molar-refractivity contribution is -0.886. The lowest BCUT2D eigenvalue weighted by atomic mass is 9.86. The molecule has 26 heavy (non-hydrogen) atoms. The minimum atomic E-state index is -3.75. The van der Waals surface area contributed by atoms with Crippen molar-refractivity contribution in [3.63, 3.8) is 0 Å². The number of hydrogen-bond donors (Lipinski definition) is 3. The van der Waals surface area contributed by atoms with Crippen molar-refractivity contribution in [2.45, 2.75) is 62.3 Å². The summed E-state index contributed by atoms with van der Waals surface area (Å²) in [6.45, 7) is 3.66. The number of benzene rings is 1. The standard InChI is InChI=1S/C19H30N2O4S/c1-3-4-5-6-16-7-9-17(10-8-16)26(24,25)20-19(15-18(22)23)11-13-21(2)14-12-19/h7-10,20H,3-6,11-15H2,1-2H3,(H,22,23)/p+1. The van der Waals surface area contributed by atoms with Gasteiger partial charge in [-0.1, -0.05) is 31.9 Å². The van der Waals surface area contributed by atoms with Gasteiger partial charge in [-0.05, 0) is 30.5 Å². The molecule has 1 aromatic carbocycles. The Morgan fingerprint density at radius 2 is 1.81 bits per heavy atom. The van der Waals surface area contributed by atoms with E-state index in [1.807, 2.05) is 19.2 Å². The second-order valence-electron chi connectivity index (χ2n) is 7.51. The van der Waals surface area contributed by atoms with Gasteiger partial charge in [0.05, 0.1) is 37.0 Å². The first-order chi connectivity index (χ1) is 12.3. The average Bonchev–Trinajstić information content (AvgIpc) is 2.57. The van der Waals surface area contributed by atoms with Crippen molar-refractivity contribution in [1.82, 2.24) is 4.72 Å². The number of hydrogen-bond acceptors (Lipinski definition) is 3. The summed E-state index contributed by atoms with van der Waals surface area (Å²) in [4.78, 5) is 12.8. The van der Waals surface area contributed by atoms with E-state index in [0.717, 1.165) is 44.3 Å². The van der Waals surface area contributed by atoms with Gasteiger partial charge in [-0.3, -0.25) is 4.79 Å². The number of aryl methyl sites for hydroxylation is 1. The Morgan fingerprint density at radius 1 is 1.19 bits per heavy atom. The highest BCUT2D eigenvalue weighted by Crippen LogP contribution is 2.25. The summed E-state index contributed by atoms with van der Waals surface area (Å²) in [6.07, 6.45) is 5.22. The molecule has 0 aromatic heterocycles. The van der Waals surface area contributed by atoms with Gasteiger partial charge >= 0.3 is 5.97 Å². The van der Waals surface area contributed by atoms with Crippen LogP contribution in [0.2, 0.25) is 0 Å². The number of carbonyl (C=O) groups is 1. The number of unbranched alkanes of at least 4 members (excludes halogenated alkanes) is 2. The molecule has 0 saturated carbocycles. The van der Waals surface area contributed by atoms with Crippen LogP contribution in [0.3, 0.4) is 0 Å². The van der Waals surface area contributed by atoms with Crippen molar-refractivity contribution in [3.8, 4) is 0 Å². The first-order valence-electron chi connectivity index (χ1n) is 9.42. The predicted molar refractivity (Wildman–Crippen MR) is 101 cm³/mol. The summed E-state index contributed by atoms with van der Waals surface area (Å²) in [6, 6.07) is 6.95. The topological polar surface area (TPSA) is 87.9 Å². The Balaban J connectivity index is 2.13. The van der Waals surface area contributed by atoms with Gasteiger partial charge in [-0.15, -0.1) is 0 Å². The van der Waals surface area contributed by atoms with Crippen molar-refractivity contribution >= 4 is 16.0 Å². The minimum absolute atomic E-state index is 0.186. The number of piperidine rings is 1. The molecular weight excluding hydrogens is 352 g/mol. The molecule has 0 amide bonds. The van der Waals surface area contributed by atoms with Crippen molar-refractivity contribution < 1.29 is 23.2 Å². The van der Waals surface area contributed by atoms with Crippen LogP contribution in [0.4, 0.5) is 0 Å². The Hall–Kier alpha value is -1.44. The molecule has 1 fully saturated rings. The Bertz CT molecular complexity index is 693. The number of carboxylic acids is 1. The second-order valence-corrected chi connectivity index (χ2v) is 9.20. The van der Waals surface area contributed by atoms with Crippen LogP contribution in [0, 0.1) is 0 Å². The zero-order valence-corrected chi connectivity index (χ0v) is 16.6. The maximum absolute atomic E-state index is 12.8. The maximum Gasteiger partial charge on any atom is 0.305 e. The van der Waals surface area contributed by atoms with Crippen molar-refractivity contribution in [2.75, 3.05) is 20.1 Å². The van der Waals surface area contributed by atoms with Crippen LogP contribution in [0.25, 0.3) is 0 Å². The Kier molecular flexibility index (Phi) is 7.20. The number of nitrogens with one attached hydrogen (secondary N) is 2. The molecule has 146 valence electrons. The molecule has 7 heteroatoms. The molecule has 3 N–H and O–H groups in total. The van der Waals surface area contributed by atoms with Crippen molar-refractivity contribution in [2.24, 2.45) is 0 Å². The van der Waals surface area contributed by atoms with Crippen molar-refractivity contribution in [3.05, 3.63) is 29.8 Å². The van der Waals surface area contributed by atoms with Gasteiger partial charge in [0.25, 0.3) is 0 Å². The molecular formula is C19H31N2O4S+. The van der Waals surface area contributed by atoms with Crippen LogP contribution in [0.15, 0.2) is 29.2 Å². The zero-order valence-electron chi connectivity index (χ0n) is 15.8. The highest BCUT2D eigenvalue weighted by atomic mass is 32.2. The van der Waals surface area contributed by atoms with Crippen LogP contribution < -0.4 is 9.62 Å².